The van der Waals surface area contributed by atoms with E-state index in [1.54, 1.807) is 17.8 Å². The molecule has 2 rings (SSSR count). The Labute approximate surface area is 82.0 Å². The lowest BCUT2D eigenvalue weighted by atomic mass is 10.1. The monoisotopic (exact) mass is 188 g/mol. The minimum absolute atomic E-state index is 0.0244. The first-order chi connectivity index (χ1) is 6.74. The molecule has 0 amide bonds. The Morgan fingerprint density at radius 3 is 2.71 bits per heavy atom. The Morgan fingerprint density at radius 1 is 1.29 bits per heavy atom. The standard InChI is InChI=1S/C11H12N2O/c1-8-7-11(14)13(12-2)10-6-4-3-5-9(8)10/h3-7,12H,1-2H3. The second-order valence-corrected chi connectivity index (χ2v) is 3.24. The largest absolute Gasteiger partial charge is 0.326 e. The van der Waals surface area contributed by atoms with Crippen LogP contribution in [0.1, 0.15) is 5.56 Å². The van der Waals surface area contributed by atoms with E-state index in [2.05, 4.69) is 5.43 Å². The molecule has 3 heteroatoms. The number of fused-ring (bicyclic) bond motifs is 1. The summed E-state index contributed by atoms with van der Waals surface area (Å²) in [5.41, 5.74) is 4.77. The number of hydrogen-bond acceptors (Lipinski definition) is 2. The number of nitrogens with zero attached hydrogens (tertiary/aromatic N) is 1. The van der Waals surface area contributed by atoms with Crippen LogP contribution in [0.15, 0.2) is 35.1 Å². The molecule has 1 heterocycles. The highest BCUT2D eigenvalue weighted by Gasteiger charge is 2.03. The smallest absolute Gasteiger partial charge is 0.269 e. The molecule has 3 nitrogen and oxygen atoms in total. The highest BCUT2D eigenvalue weighted by Crippen LogP contribution is 2.14. The summed E-state index contributed by atoms with van der Waals surface area (Å²) in [5, 5.41) is 1.10. The van der Waals surface area contributed by atoms with E-state index in [-0.39, 0.29) is 5.56 Å². The lowest BCUT2D eigenvalue weighted by Gasteiger charge is -2.10. The second kappa shape index (κ2) is 3.18. The zero-order valence-corrected chi connectivity index (χ0v) is 8.24. The summed E-state index contributed by atoms with van der Waals surface area (Å²) in [7, 11) is 1.74. The fraction of sp³-hybridized carbons (Fsp3) is 0.182. The topological polar surface area (TPSA) is 34.0 Å². The van der Waals surface area contributed by atoms with Crippen molar-refractivity contribution in [1.29, 1.82) is 0 Å². The Balaban J connectivity index is 2.98. The van der Waals surface area contributed by atoms with Crippen molar-refractivity contribution in [3.63, 3.8) is 0 Å². The van der Waals surface area contributed by atoms with Crippen molar-refractivity contribution in [1.82, 2.24) is 4.68 Å². The summed E-state index contributed by atoms with van der Waals surface area (Å²) in [6, 6.07) is 9.48. The molecular formula is C11H12N2O. The van der Waals surface area contributed by atoms with Gasteiger partial charge in [-0.25, -0.2) is 4.68 Å². The van der Waals surface area contributed by atoms with Crippen LogP contribution in [-0.4, -0.2) is 11.7 Å². The number of aryl methyl sites for hydroxylation is 1. The van der Waals surface area contributed by atoms with Crippen LogP contribution in [-0.2, 0) is 0 Å². The fourth-order valence-electron chi connectivity index (χ4n) is 1.68. The zero-order valence-electron chi connectivity index (χ0n) is 8.24. The average Bonchev–Trinajstić information content (AvgIpc) is 2.18. The van der Waals surface area contributed by atoms with Crippen molar-refractivity contribution in [2.24, 2.45) is 0 Å². The molecule has 0 radical (unpaired) electrons. The number of aromatic nitrogens is 1. The summed E-state index contributed by atoms with van der Waals surface area (Å²) in [6.45, 7) is 1.95. The minimum Gasteiger partial charge on any atom is -0.326 e. The predicted molar refractivity (Wildman–Crippen MR) is 58.2 cm³/mol. The Morgan fingerprint density at radius 2 is 2.00 bits per heavy atom. The van der Waals surface area contributed by atoms with Gasteiger partial charge < -0.3 is 5.43 Å². The Bertz CT molecular complexity index is 528. The summed E-state index contributed by atoms with van der Waals surface area (Å²) in [6.07, 6.45) is 0. The van der Waals surface area contributed by atoms with Gasteiger partial charge in [-0.2, -0.15) is 0 Å². The van der Waals surface area contributed by atoms with Gasteiger partial charge in [0.1, 0.15) is 0 Å². The molecule has 0 aliphatic rings. The Hall–Kier alpha value is -1.77. The first-order valence-corrected chi connectivity index (χ1v) is 4.53. The van der Waals surface area contributed by atoms with Gasteiger partial charge in [-0.15, -0.1) is 0 Å². The third kappa shape index (κ3) is 1.18. The lowest BCUT2D eigenvalue weighted by Crippen LogP contribution is -2.26. The molecule has 0 atom stereocenters. The van der Waals surface area contributed by atoms with Crippen molar-refractivity contribution < 1.29 is 0 Å². The van der Waals surface area contributed by atoms with Crippen LogP contribution in [0, 0.1) is 6.92 Å². The van der Waals surface area contributed by atoms with E-state index in [1.165, 1.54) is 0 Å². The fourth-order valence-corrected chi connectivity index (χ4v) is 1.68. The van der Waals surface area contributed by atoms with E-state index in [0.29, 0.717) is 0 Å². The van der Waals surface area contributed by atoms with Gasteiger partial charge in [-0.1, -0.05) is 18.2 Å². The average molecular weight is 188 g/mol. The van der Waals surface area contributed by atoms with E-state index < -0.39 is 0 Å². The molecule has 1 aromatic carbocycles. The molecule has 2 aromatic rings. The molecule has 0 saturated heterocycles. The van der Waals surface area contributed by atoms with Crippen molar-refractivity contribution in [2.45, 2.75) is 6.92 Å². The van der Waals surface area contributed by atoms with E-state index in [9.17, 15) is 4.79 Å². The first-order valence-electron chi connectivity index (χ1n) is 4.53. The molecule has 1 N–H and O–H groups in total. The summed E-state index contributed by atoms with van der Waals surface area (Å²) >= 11 is 0. The predicted octanol–water partition coefficient (Wildman–Crippen LogP) is 1.48. The maximum Gasteiger partial charge on any atom is 0.269 e. The second-order valence-electron chi connectivity index (χ2n) is 3.24. The molecule has 0 aliphatic heterocycles. The number of hydrogen-bond donors (Lipinski definition) is 1. The van der Waals surface area contributed by atoms with Gasteiger partial charge in [-0.3, -0.25) is 4.79 Å². The molecule has 0 bridgehead atoms. The number of benzene rings is 1. The van der Waals surface area contributed by atoms with Gasteiger partial charge in [-0.05, 0) is 18.6 Å². The van der Waals surface area contributed by atoms with Gasteiger partial charge in [0, 0.05) is 18.5 Å². The normalized spacial score (nSPS) is 10.4. The van der Waals surface area contributed by atoms with Gasteiger partial charge in [0.2, 0.25) is 0 Å². The lowest BCUT2D eigenvalue weighted by molar-refractivity contribution is 0.913. The zero-order chi connectivity index (χ0) is 10.1. The summed E-state index contributed by atoms with van der Waals surface area (Å²) < 4.78 is 1.54. The highest BCUT2D eigenvalue weighted by atomic mass is 16.1. The number of pyridine rings is 1. The van der Waals surface area contributed by atoms with Gasteiger partial charge >= 0.3 is 0 Å². The maximum absolute atomic E-state index is 11.6. The SMILES string of the molecule is CNn1c(=O)cc(C)c2ccccc21. The van der Waals surface area contributed by atoms with E-state index in [4.69, 9.17) is 0 Å². The van der Waals surface area contributed by atoms with Crippen molar-refractivity contribution in [3.8, 4) is 0 Å². The van der Waals surface area contributed by atoms with Gasteiger partial charge in [0.25, 0.3) is 5.56 Å². The van der Waals surface area contributed by atoms with Crippen LogP contribution in [0.4, 0.5) is 0 Å². The molecule has 0 spiro atoms. The van der Waals surface area contributed by atoms with E-state index in [0.717, 1.165) is 16.5 Å². The van der Waals surface area contributed by atoms with Crippen LogP contribution in [0.5, 0.6) is 0 Å². The van der Waals surface area contributed by atoms with Crippen molar-refractivity contribution in [2.75, 3.05) is 12.5 Å². The van der Waals surface area contributed by atoms with Crippen LogP contribution in [0.25, 0.3) is 10.9 Å². The van der Waals surface area contributed by atoms with Crippen molar-refractivity contribution >= 4 is 10.9 Å². The minimum atomic E-state index is -0.0244. The number of rotatable bonds is 1. The number of para-hydroxylation sites is 1. The maximum atomic E-state index is 11.6. The highest BCUT2D eigenvalue weighted by molar-refractivity contribution is 5.82. The molecule has 72 valence electrons. The first kappa shape index (κ1) is 8.81. The molecule has 1 aromatic heterocycles. The third-order valence-electron chi connectivity index (χ3n) is 2.35. The molecular weight excluding hydrogens is 176 g/mol. The van der Waals surface area contributed by atoms with Crippen LogP contribution in [0.2, 0.25) is 0 Å². The summed E-state index contributed by atoms with van der Waals surface area (Å²) in [4.78, 5) is 11.6. The van der Waals surface area contributed by atoms with Crippen molar-refractivity contribution in [3.05, 3.63) is 46.2 Å². The quantitative estimate of drug-likeness (QED) is 0.735. The van der Waals surface area contributed by atoms with E-state index in [1.807, 2.05) is 31.2 Å². The van der Waals surface area contributed by atoms with Gasteiger partial charge in [0.15, 0.2) is 0 Å². The van der Waals surface area contributed by atoms with Crippen LogP contribution < -0.4 is 11.0 Å². The molecule has 0 aliphatic carbocycles. The van der Waals surface area contributed by atoms with E-state index >= 15 is 0 Å². The van der Waals surface area contributed by atoms with Gasteiger partial charge in [0.05, 0.1) is 5.52 Å². The van der Waals surface area contributed by atoms with Crippen LogP contribution in [0.3, 0.4) is 0 Å². The number of nitrogens with one attached hydrogen (secondary N) is 1. The molecule has 0 saturated carbocycles. The molecule has 0 unspecified atom stereocenters. The third-order valence-corrected chi connectivity index (χ3v) is 2.35. The van der Waals surface area contributed by atoms with Crippen LogP contribution >= 0.6 is 0 Å². The molecule has 0 fully saturated rings. The summed E-state index contributed by atoms with van der Waals surface area (Å²) in [5.74, 6) is 0. The Kier molecular flexibility index (Phi) is 2.00. The molecule has 14 heavy (non-hydrogen) atoms.